The van der Waals surface area contributed by atoms with Gasteiger partial charge < -0.3 is 58.2 Å². The fourth-order valence-electron chi connectivity index (χ4n) is 9.77. The van der Waals surface area contributed by atoms with E-state index in [1.54, 1.807) is 49.5 Å². The number of hydrogen-bond acceptors (Lipinski definition) is 17. The summed E-state index contributed by atoms with van der Waals surface area (Å²) in [6, 6.07) is 18.4. The Morgan fingerprint density at radius 3 is 2.04 bits per heavy atom. The molecular formula is C57H67N5O17. The minimum Gasteiger partial charge on any atom is -0.493 e. The van der Waals surface area contributed by atoms with Crippen molar-refractivity contribution in [1.82, 2.24) is 25.8 Å². The molecule has 1 unspecified atom stereocenters. The fourth-order valence-corrected chi connectivity index (χ4v) is 9.77. The summed E-state index contributed by atoms with van der Waals surface area (Å²) in [5.41, 5.74) is 2.13. The van der Waals surface area contributed by atoms with Gasteiger partial charge in [0.1, 0.15) is 29.7 Å². The van der Waals surface area contributed by atoms with Crippen LogP contribution in [0.4, 0.5) is 0 Å². The number of nitrogens with one attached hydrogen (secondary N) is 3. The predicted octanol–water partition coefficient (Wildman–Crippen LogP) is 4.63. The first-order valence-corrected chi connectivity index (χ1v) is 26.1. The third kappa shape index (κ3) is 14.2. The van der Waals surface area contributed by atoms with E-state index in [1.807, 2.05) is 31.2 Å². The van der Waals surface area contributed by atoms with Gasteiger partial charge in [-0.3, -0.25) is 43.8 Å². The summed E-state index contributed by atoms with van der Waals surface area (Å²) in [7, 11) is 7.65. The third-order valence-electron chi connectivity index (χ3n) is 13.8. The largest absolute Gasteiger partial charge is 0.493 e. The lowest BCUT2D eigenvalue weighted by atomic mass is 9.91. The smallest absolute Gasteiger partial charge is 0.329 e. The van der Waals surface area contributed by atoms with Crippen molar-refractivity contribution in [3.63, 3.8) is 0 Å². The van der Waals surface area contributed by atoms with E-state index in [-0.39, 0.29) is 68.5 Å². The van der Waals surface area contributed by atoms with Crippen molar-refractivity contribution >= 4 is 47.3 Å². The van der Waals surface area contributed by atoms with E-state index >= 15 is 0 Å². The Bertz CT molecular complexity index is 2870. The van der Waals surface area contributed by atoms with E-state index in [0.717, 1.165) is 23.3 Å². The first-order chi connectivity index (χ1) is 38.2. The molecule has 0 spiro atoms. The van der Waals surface area contributed by atoms with Crippen LogP contribution in [-0.2, 0) is 44.7 Å². The van der Waals surface area contributed by atoms with Crippen LogP contribution in [0.1, 0.15) is 101 Å². The van der Waals surface area contributed by atoms with Crippen LogP contribution in [-0.4, -0.2) is 151 Å². The van der Waals surface area contributed by atoms with Gasteiger partial charge in [-0.1, -0.05) is 31.2 Å². The van der Waals surface area contributed by atoms with Crippen LogP contribution < -0.4 is 49.1 Å². The number of rotatable bonds is 27. The van der Waals surface area contributed by atoms with E-state index in [0.29, 0.717) is 77.9 Å². The molecule has 3 aliphatic heterocycles. The number of methoxy groups -OCH3 is 5. The molecule has 7 rings (SSSR count). The van der Waals surface area contributed by atoms with Crippen molar-refractivity contribution < 1.29 is 81.0 Å². The van der Waals surface area contributed by atoms with E-state index in [9.17, 15) is 38.4 Å². The molecule has 0 aromatic heterocycles. The Morgan fingerprint density at radius 1 is 0.696 bits per heavy atom. The maximum Gasteiger partial charge on any atom is 0.329 e. The molecule has 79 heavy (non-hydrogen) atoms. The van der Waals surface area contributed by atoms with Crippen molar-refractivity contribution in [1.29, 1.82) is 0 Å². The zero-order valence-corrected chi connectivity index (χ0v) is 45.2. The average molecular weight is 1090 g/mol. The highest BCUT2D eigenvalue weighted by Gasteiger charge is 2.46. The quantitative estimate of drug-likeness (QED) is 0.0418. The van der Waals surface area contributed by atoms with Gasteiger partial charge in [0.25, 0.3) is 23.6 Å². The van der Waals surface area contributed by atoms with E-state index < -0.39 is 72.1 Å². The topological polar surface area (TPSA) is 262 Å². The minimum absolute atomic E-state index is 0.00153. The maximum atomic E-state index is 14.5. The van der Waals surface area contributed by atoms with Crippen molar-refractivity contribution in [3.05, 3.63) is 101 Å². The lowest BCUT2D eigenvalue weighted by molar-refractivity contribution is -0.162. The van der Waals surface area contributed by atoms with Crippen molar-refractivity contribution in [3.8, 4) is 40.2 Å². The normalized spacial score (nSPS) is 16.7. The van der Waals surface area contributed by atoms with Crippen LogP contribution >= 0.6 is 0 Å². The fraction of sp³-hybridized carbons (Fsp3) is 0.439. The highest BCUT2D eigenvalue weighted by Crippen LogP contribution is 2.42. The number of benzene rings is 4. The van der Waals surface area contributed by atoms with Crippen LogP contribution in [0.5, 0.6) is 40.2 Å². The number of carbonyl (C=O) groups is 8. The number of ether oxygens (including phenoxy) is 9. The molecule has 0 radical (unpaired) electrons. The second-order valence-electron chi connectivity index (χ2n) is 18.7. The highest BCUT2D eigenvalue weighted by molar-refractivity contribution is 6.24. The molecule has 4 atom stereocenters. The summed E-state index contributed by atoms with van der Waals surface area (Å²) < 4.78 is 51.2. The number of imide groups is 2. The second kappa shape index (κ2) is 27.8. The van der Waals surface area contributed by atoms with Gasteiger partial charge in [-0.2, -0.15) is 0 Å². The molecule has 0 bridgehead atoms. The first-order valence-electron chi connectivity index (χ1n) is 26.1. The minimum atomic E-state index is -1.15. The summed E-state index contributed by atoms with van der Waals surface area (Å²) >= 11 is 0. The lowest BCUT2D eigenvalue weighted by Crippen LogP contribution is -2.54. The Balaban J connectivity index is 0.902. The first kappa shape index (κ1) is 58.3. The molecule has 4 aromatic carbocycles. The molecule has 0 aliphatic carbocycles. The van der Waals surface area contributed by atoms with Gasteiger partial charge in [0, 0.05) is 26.1 Å². The Hall–Kier alpha value is -8.40. The number of likely N-dealkylation sites (tertiary alicyclic amines) is 1. The van der Waals surface area contributed by atoms with Gasteiger partial charge >= 0.3 is 5.97 Å². The number of hydrogen-bond donors (Lipinski definition) is 3. The monoisotopic (exact) mass is 1090 g/mol. The zero-order chi connectivity index (χ0) is 56.6. The molecule has 3 aliphatic rings. The molecule has 2 fully saturated rings. The van der Waals surface area contributed by atoms with Crippen LogP contribution in [0, 0.1) is 0 Å². The van der Waals surface area contributed by atoms with Gasteiger partial charge in [0.2, 0.25) is 23.5 Å². The number of esters is 1. The molecule has 2 saturated heterocycles. The summed E-state index contributed by atoms with van der Waals surface area (Å²) in [6.45, 7) is 1.91. The average Bonchev–Trinajstić information content (AvgIpc) is 4.03. The van der Waals surface area contributed by atoms with Crippen molar-refractivity contribution in [2.24, 2.45) is 0 Å². The summed E-state index contributed by atoms with van der Waals surface area (Å²) in [5, 5.41) is 7.51. The standard InChI is InChI=1S/C57H67N5O17/c1-7-38(36-30-46(73-4)52(75-6)47(31-36)74-5)54(67)61-25-9-8-15-41(61)57(70)79-42(20-17-34-18-21-43(71-2)45(28-34)72-3)35-12-10-13-37(29-35)77-32-49(64)58-23-26-76-27-24-59-50(65)33-78-44-16-11-14-39-51(44)56(69)62(55(39)68)40-19-22-48(63)60-53(40)66/h10-14,16,18,21,28-31,38,40-42H,7-9,15,17,19-20,22-27,32-33H2,1-6H3,(H,58,64)(H,59,65)(H,60,63,66)/t38-,40?,41-,42+/m0/s1. The predicted molar refractivity (Wildman–Crippen MR) is 283 cm³/mol. The van der Waals surface area contributed by atoms with Crippen molar-refractivity contribution in [2.75, 3.05) is 81.6 Å². The molecule has 3 heterocycles. The second-order valence-corrected chi connectivity index (χ2v) is 18.7. The number of nitrogens with zero attached hydrogens (tertiary/aromatic N) is 2. The molecule has 22 heteroatoms. The number of carbonyl (C=O) groups excluding carboxylic acids is 8. The van der Waals surface area contributed by atoms with Gasteiger partial charge in [-0.15, -0.1) is 0 Å². The zero-order valence-electron chi connectivity index (χ0n) is 45.2. The molecule has 7 amide bonds. The number of fused-ring (bicyclic) bond motifs is 1. The van der Waals surface area contributed by atoms with Crippen molar-refractivity contribution in [2.45, 2.75) is 82.4 Å². The molecule has 22 nitrogen and oxygen atoms in total. The third-order valence-corrected chi connectivity index (χ3v) is 13.8. The van der Waals surface area contributed by atoms with Gasteiger partial charge in [0.15, 0.2) is 36.2 Å². The Morgan fingerprint density at radius 2 is 1.38 bits per heavy atom. The van der Waals surface area contributed by atoms with Crippen LogP contribution in [0.2, 0.25) is 0 Å². The van der Waals surface area contributed by atoms with E-state index in [1.165, 1.54) is 39.5 Å². The Kier molecular flexibility index (Phi) is 20.5. The molecular weight excluding hydrogens is 1030 g/mol. The van der Waals surface area contributed by atoms with E-state index in [2.05, 4.69) is 16.0 Å². The highest BCUT2D eigenvalue weighted by atomic mass is 16.5. The molecule has 4 aromatic rings. The molecule has 3 N–H and O–H groups in total. The summed E-state index contributed by atoms with van der Waals surface area (Å²) in [4.78, 5) is 107. The number of aryl methyl sites for hydroxylation is 1. The van der Waals surface area contributed by atoms with Gasteiger partial charge in [0.05, 0.1) is 65.8 Å². The number of piperidine rings is 2. The molecule has 422 valence electrons. The van der Waals surface area contributed by atoms with Crippen LogP contribution in [0.15, 0.2) is 72.8 Å². The van der Waals surface area contributed by atoms with Crippen LogP contribution in [0.3, 0.4) is 0 Å². The summed E-state index contributed by atoms with van der Waals surface area (Å²) in [5.74, 6) is -2.32. The maximum absolute atomic E-state index is 14.5. The van der Waals surface area contributed by atoms with Crippen LogP contribution in [0.25, 0.3) is 0 Å². The van der Waals surface area contributed by atoms with E-state index in [4.69, 9.17) is 42.6 Å². The van der Waals surface area contributed by atoms with Gasteiger partial charge in [-0.25, -0.2) is 4.79 Å². The summed E-state index contributed by atoms with van der Waals surface area (Å²) in [6.07, 6.45) is 2.31. The SMILES string of the molecule is CC[C@H](C(=O)N1CCCC[C@H]1C(=O)O[C@H](CCc1ccc(OC)c(OC)c1)c1cccc(OCC(=O)NCCOCCNC(=O)COc2cccc3c2C(=O)N(C2CCC(=O)NC2=O)C3=O)c1)c1cc(OC)c(OC)c(OC)c1. The van der Waals surface area contributed by atoms with Gasteiger partial charge in [-0.05, 0) is 110 Å². The lowest BCUT2D eigenvalue weighted by Gasteiger charge is -2.37. The Labute approximate surface area is 457 Å². The number of amides is 7. The molecule has 0 saturated carbocycles.